The van der Waals surface area contributed by atoms with Crippen molar-refractivity contribution in [2.24, 2.45) is 0 Å². The maximum atomic E-state index is 5.09. The molecule has 1 aromatic heterocycles. The van der Waals surface area contributed by atoms with Gasteiger partial charge in [-0.05, 0) is 12.1 Å². The van der Waals surface area contributed by atoms with Crippen LogP contribution in [-0.4, -0.2) is 11.3 Å². The summed E-state index contributed by atoms with van der Waals surface area (Å²) in [5.41, 5.74) is 0. The van der Waals surface area contributed by atoms with Gasteiger partial charge in [-0.3, -0.25) is 0 Å². The zero-order chi connectivity index (χ0) is 6.53. The van der Waals surface area contributed by atoms with E-state index in [2.05, 4.69) is 6.58 Å². The summed E-state index contributed by atoms with van der Waals surface area (Å²) < 4.78 is 1.64. The van der Waals surface area contributed by atoms with Gasteiger partial charge in [-0.15, -0.1) is 0 Å². The second-order valence-corrected chi connectivity index (χ2v) is 1.63. The summed E-state index contributed by atoms with van der Waals surface area (Å²) in [6.45, 7) is 4.07. The number of hydrogen-bond acceptors (Lipinski definition) is 1. The van der Waals surface area contributed by atoms with E-state index in [1.807, 2.05) is 24.5 Å². The summed E-state index contributed by atoms with van der Waals surface area (Å²) in [7, 11) is 0. The molecule has 48 valence electrons. The van der Waals surface area contributed by atoms with E-state index in [4.69, 9.17) is 4.84 Å². The predicted octanol–water partition coefficient (Wildman–Crippen LogP) is 1.10. The van der Waals surface area contributed by atoms with Crippen molar-refractivity contribution < 1.29 is 4.84 Å². The van der Waals surface area contributed by atoms with Gasteiger partial charge in [0.1, 0.15) is 6.61 Å². The lowest BCUT2D eigenvalue weighted by Gasteiger charge is -2.00. The Bertz CT molecular complexity index is 167. The van der Waals surface area contributed by atoms with Crippen molar-refractivity contribution in [1.82, 2.24) is 4.73 Å². The molecule has 0 atom stereocenters. The van der Waals surface area contributed by atoms with E-state index in [9.17, 15) is 0 Å². The van der Waals surface area contributed by atoms with E-state index in [0.29, 0.717) is 6.61 Å². The van der Waals surface area contributed by atoms with E-state index in [0.717, 1.165) is 0 Å². The molecule has 0 radical (unpaired) electrons. The fraction of sp³-hybridized carbons (Fsp3) is 0.143. The highest BCUT2D eigenvalue weighted by molar-refractivity contribution is 4.88. The Morgan fingerprint density at radius 3 is 2.67 bits per heavy atom. The van der Waals surface area contributed by atoms with Gasteiger partial charge in [-0.2, -0.15) is 4.73 Å². The Hall–Kier alpha value is -1.18. The maximum absolute atomic E-state index is 5.09. The summed E-state index contributed by atoms with van der Waals surface area (Å²) in [5, 5.41) is 0. The zero-order valence-electron chi connectivity index (χ0n) is 5.16. The Morgan fingerprint density at radius 2 is 2.11 bits per heavy atom. The number of rotatable bonds is 3. The molecule has 0 N–H and O–H groups in total. The zero-order valence-corrected chi connectivity index (χ0v) is 5.16. The van der Waals surface area contributed by atoms with Crippen LogP contribution in [0.5, 0.6) is 0 Å². The lowest BCUT2D eigenvalue weighted by Crippen LogP contribution is -2.07. The summed E-state index contributed by atoms with van der Waals surface area (Å²) >= 11 is 0. The molecule has 0 saturated heterocycles. The standard InChI is InChI=1S/C7H9NO/c1-2-7-9-8-5-3-4-6-8/h2-6H,1,7H2. The number of nitrogens with zero attached hydrogens (tertiary/aromatic N) is 1. The van der Waals surface area contributed by atoms with Gasteiger partial charge in [0.05, 0.1) is 0 Å². The first kappa shape index (κ1) is 5.95. The van der Waals surface area contributed by atoms with Crippen LogP contribution in [0.15, 0.2) is 37.2 Å². The van der Waals surface area contributed by atoms with Crippen LogP contribution in [-0.2, 0) is 0 Å². The van der Waals surface area contributed by atoms with Gasteiger partial charge < -0.3 is 4.84 Å². The molecular formula is C7H9NO. The van der Waals surface area contributed by atoms with E-state index in [1.54, 1.807) is 10.8 Å². The molecule has 0 saturated carbocycles. The molecule has 1 heterocycles. The first-order valence-corrected chi connectivity index (χ1v) is 2.80. The van der Waals surface area contributed by atoms with Gasteiger partial charge in [-0.25, -0.2) is 0 Å². The highest BCUT2D eigenvalue weighted by Crippen LogP contribution is 1.84. The lowest BCUT2D eigenvalue weighted by molar-refractivity contribution is 0.136. The van der Waals surface area contributed by atoms with Crippen LogP contribution < -0.4 is 4.84 Å². The summed E-state index contributed by atoms with van der Waals surface area (Å²) in [6.07, 6.45) is 5.38. The molecule has 2 nitrogen and oxygen atoms in total. The van der Waals surface area contributed by atoms with E-state index in [1.165, 1.54) is 0 Å². The minimum absolute atomic E-state index is 0.550. The molecule has 2 heteroatoms. The van der Waals surface area contributed by atoms with Gasteiger partial charge in [-0.1, -0.05) is 12.7 Å². The van der Waals surface area contributed by atoms with Crippen molar-refractivity contribution in [2.75, 3.05) is 6.61 Å². The van der Waals surface area contributed by atoms with Crippen molar-refractivity contribution in [2.45, 2.75) is 0 Å². The third-order valence-corrected chi connectivity index (χ3v) is 0.919. The van der Waals surface area contributed by atoms with Crippen LogP contribution in [0.3, 0.4) is 0 Å². The molecule has 9 heavy (non-hydrogen) atoms. The molecule has 1 rings (SSSR count). The number of aromatic nitrogens is 1. The smallest absolute Gasteiger partial charge is 0.133 e. The second kappa shape index (κ2) is 2.97. The first-order chi connectivity index (χ1) is 4.43. The highest BCUT2D eigenvalue weighted by atomic mass is 16.7. The first-order valence-electron chi connectivity index (χ1n) is 2.80. The summed E-state index contributed by atoms with van der Waals surface area (Å²) in [4.78, 5) is 5.09. The Balaban J connectivity index is 2.38. The molecule has 0 amide bonds. The van der Waals surface area contributed by atoms with E-state index in [-0.39, 0.29) is 0 Å². The second-order valence-electron chi connectivity index (χ2n) is 1.63. The lowest BCUT2D eigenvalue weighted by atomic mass is 10.7. The molecule has 0 bridgehead atoms. The molecule has 0 aliphatic carbocycles. The average Bonchev–Trinajstić information content (AvgIpc) is 2.34. The minimum Gasteiger partial charge on any atom is -0.410 e. The summed E-state index contributed by atoms with van der Waals surface area (Å²) in [5.74, 6) is 0. The molecule has 0 spiro atoms. The summed E-state index contributed by atoms with van der Waals surface area (Å²) in [6, 6.07) is 3.81. The van der Waals surface area contributed by atoms with Crippen molar-refractivity contribution in [3.8, 4) is 0 Å². The molecule has 0 aliphatic heterocycles. The topological polar surface area (TPSA) is 14.2 Å². The van der Waals surface area contributed by atoms with Crippen LogP contribution in [0.4, 0.5) is 0 Å². The molecule has 0 fully saturated rings. The Kier molecular flexibility index (Phi) is 1.96. The van der Waals surface area contributed by atoms with Crippen molar-refractivity contribution >= 4 is 0 Å². The molecule has 0 unspecified atom stereocenters. The number of hydrogen-bond donors (Lipinski definition) is 0. The normalized spacial score (nSPS) is 8.89. The van der Waals surface area contributed by atoms with Crippen LogP contribution >= 0.6 is 0 Å². The highest BCUT2D eigenvalue weighted by Gasteiger charge is 1.81. The van der Waals surface area contributed by atoms with Gasteiger partial charge in [0.2, 0.25) is 0 Å². The van der Waals surface area contributed by atoms with Crippen LogP contribution in [0.2, 0.25) is 0 Å². The van der Waals surface area contributed by atoms with Crippen LogP contribution in [0.25, 0.3) is 0 Å². The van der Waals surface area contributed by atoms with Gasteiger partial charge in [0.15, 0.2) is 0 Å². The van der Waals surface area contributed by atoms with Crippen LogP contribution in [0, 0.1) is 0 Å². The van der Waals surface area contributed by atoms with Crippen molar-refractivity contribution in [3.63, 3.8) is 0 Å². The quantitative estimate of drug-likeness (QED) is 0.549. The van der Waals surface area contributed by atoms with Crippen molar-refractivity contribution in [3.05, 3.63) is 37.2 Å². The minimum atomic E-state index is 0.550. The predicted molar refractivity (Wildman–Crippen MR) is 36.1 cm³/mol. The van der Waals surface area contributed by atoms with Gasteiger partial charge in [0, 0.05) is 12.4 Å². The Labute approximate surface area is 54.3 Å². The van der Waals surface area contributed by atoms with Crippen LogP contribution in [0.1, 0.15) is 0 Å². The van der Waals surface area contributed by atoms with Gasteiger partial charge in [0.25, 0.3) is 0 Å². The van der Waals surface area contributed by atoms with E-state index < -0.39 is 0 Å². The van der Waals surface area contributed by atoms with Gasteiger partial charge >= 0.3 is 0 Å². The fourth-order valence-corrected chi connectivity index (χ4v) is 0.544. The van der Waals surface area contributed by atoms with E-state index >= 15 is 0 Å². The molecular weight excluding hydrogens is 114 g/mol. The monoisotopic (exact) mass is 123 g/mol. The average molecular weight is 123 g/mol. The molecule has 0 aromatic carbocycles. The largest absolute Gasteiger partial charge is 0.410 e. The van der Waals surface area contributed by atoms with Crippen molar-refractivity contribution in [1.29, 1.82) is 0 Å². The molecule has 0 aliphatic rings. The Morgan fingerprint density at radius 1 is 1.44 bits per heavy atom. The maximum Gasteiger partial charge on any atom is 0.133 e. The molecule has 1 aromatic rings. The third kappa shape index (κ3) is 1.64. The fourth-order valence-electron chi connectivity index (χ4n) is 0.544. The SMILES string of the molecule is C=CCOn1cccc1. The third-order valence-electron chi connectivity index (χ3n) is 0.919.